The van der Waals surface area contributed by atoms with Crippen LogP contribution < -0.4 is 0 Å². The molecule has 0 N–H and O–H groups in total. The summed E-state index contributed by atoms with van der Waals surface area (Å²) in [5.74, 6) is 2.62. The molecule has 1 heteroatoms. The van der Waals surface area contributed by atoms with E-state index in [1.807, 2.05) is 0 Å². The van der Waals surface area contributed by atoms with Gasteiger partial charge in [0, 0.05) is 12.8 Å². The van der Waals surface area contributed by atoms with Gasteiger partial charge in [-0.3, -0.25) is 4.79 Å². The van der Waals surface area contributed by atoms with Crippen molar-refractivity contribution in [2.45, 2.75) is 45.4 Å². The van der Waals surface area contributed by atoms with E-state index in [2.05, 4.69) is 19.1 Å². The number of carbonyl (C=O) groups is 1. The summed E-state index contributed by atoms with van der Waals surface area (Å²) < 4.78 is 0. The summed E-state index contributed by atoms with van der Waals surface area (Å²) in [7, 11) is 0. The number of hydrogen-bond donors (Lipinski definition) is 0. The van der Waals surface area contributed by atoms with Crippen LogP contribution in [0.25, 0.3) is 0 Å². The van der Waals surface area contributed by atoms with Crippen LogP contribution in [-0.2, 0) is 4.79 Å². The van der Waals surface area contributed by atoms with Crippen molar-refractivity contribution < 1.29 is 4.79 Å². The smallest absolute Gasteiger partial charge is 0.133 e. The fourth-order valence-corrected chi connectivity index (χ4v) is 2.80. The highest BCUT2D eigenvalue weighted by Gasteiger charge is 2.27. The molecule has 3 atom stereocenters. The standard InChI is InChI=1S/C13H20O/c1-10-5-7-11(8-6-10)12-3-2-4-13(14)9-12/h5,7,10-12H,2-4,6,8-9H2,1H3. The van der Waals surface area contributed by atoms with Gasteiger partial charge in [-0.2, -0.15) is 0 Å². The van der Waals surface area contributed by atoms with Crippen molar-refractivity contribution in [1.82, 2.24) is 0 Å². The Labute approximate surface area is 86.6 Å². The molecule has 0 aromatic carbocycles. The maximum absolute atomic E-state index is 11.4. The summed E-state index contributed by atoms with van der Waals surface area (Å²) in [6.07, 6.45) is 11.4. The Morgan fingerprint density at radius 2 is 2.07 bits per heavy atom. The minimum absolute atomic E-state index is 0.494. The van der Waals surface area contributed by atoms with Crippen LogP contribution in [0, 0.1) is 17.8 Å². The van der Waals surface area contributed by atoms with Gasteiger partial charge in [-0.1, -0.05) is 19.1 Å². The van der Waals surface area contributed by atoms with Gasteiger partial charge in [-0.15, -0.1) is 0 Å². The van der Waals surface area contributed by atoms with E-state index in [1.165, 1.54) is 19.3 Å². The van der Waals surface area contributed by atoms with Gasteiger partial charge in [0.15, 0.2) is 0 Å². The van der Waals surface area contributed by atoms with Crippen molar-refractivity contribution in [1.29, 1.82) is 0 Å². The lowest BCUT2D eigenvalue weighted by Crippen LogP contribution is -2.23. The molecule has 1 nitrogen and oxygen atoms in total. The molecule has 2 rings (SSSR count). The SMILES string of the molecule is CC1C=CC(C2CCCC(=O)C2)CC1. The second-order valence-corrected chi connectivity index (χ2v) is 5.00. The lowest BCUT2D eigenvalue weighted by molar-refractivity contribution is -0.121. The third-order valence-electron chi connectivity index (χ3n) is 3.77. The van der Waals surface area contributed by atoms with E-state index in [0.717, 1.165) is 25.2 Å². The maximum atomic E-state index is 11.4. The Morgan fingerprint density at radius 3 is 2.71 bits per heavy atom. The van der Waals surface area contributed by atoms with Crippen LogP contribution in [0.5, 0.6) is 0 Å². The second-order valence-electron chi connectivity index (χ2n) is 5.00. The molecular weight excluding hydrogens is 172 g/mol. The summed E-state index contributed by atoms with van der Waals surface area (Å²) in [4.78, 5) is 11.4. The van der Waals surface area contributed by atoms with Crippen LogP contribution in [0.3, 0.4) is 0 Å². The van der Waals surface area contributed by atoms with E-state index in [4.69, 9.17) is 0 Å². The van der Waals surface area contributed by atoms with Crippen LogP contribution >= 0.6 is 0 Å². The number of ketones is 1. The molecule has 0 aliphatic heterocycles. The van der Waals surface area contributed by atoms with Crippen LogP contribution in [0.2, 0.25) is 0 Å². The predicted octanol–water partition coefficient (Wildman–Crippen LogP) is 3.35. The van der Waals surface area contributed by atoms with Crippen LogP contribution in [0.1, 0.15) is 45.4 Å². The molecule has 2 aliphatic carbocycles. The van der Waals surface area contributed by atoms with Crippen LogP contribution in [0.4, 0.5) is 0 Å². The number of Topliss-reactive ketones (excluding diaryl/α,β-unsaturated/α-hetero) is 1. The van der Waals surface area contributed by atoms with Crippen molar-refractivity contribution in [3.05, 3.63) is 12.2 Å². The molecule has 3 unspecified atom stereocenters. The van der Waals surface area contributed by atoms with E-state index in [1.54, 1.807) is 0 Å². The van der Waals surface area contributed by atoms with Crippen molar-refractivity contribution in [2.75, 3.05) is 0 Å². The Balaban J connectivity index is 1.94. The Hall–Kier alpha value is -0.590. The summed E-state index contributed by atoms with van der Waals surface area (Å²) in [6, 6.07) is 0. The zero-order valence-electron chi connectivity index (χ0n) is 9.04. The van der Waals surface area contributed by atoms with E-state index < -0.39 is 0 Å². The molecule has 14 heavy (non-hydrogen) atoms. The Bertz CT molecular complexity index is 242. The van der Waals surface area contributed by atoms with E-state index in [9.17, 15) is 4.79 Å². The van der Waals surface area contributed by atoms with Crippen LogP contribution in [-0.4, -0.2) is 5.78 Å². The van der Waals surface area contributed by atoms with Crippen molar-refractivity contribution in [3.8, 4) is 0 Å². The van der Waals surface area contributed by atoms with Gasteiger partial charge in [-0.05, 0) is 43.4 Å². The predicted molar refractivity (Wildman–Crippen MR) is 58.0 cm³/mol. The molecule has 0 saturated heterocycles. The molecule has 0 bridgehead atoms. The van der Waals surface area contributed by atoms with Crippen LogP contribution in [0.15, 0.2) is 12.2 Å². The largest absolute Gasteiger partial charge is 0.300 e. The summed E-state index contributed by atoms with van der Waals surface area (Å²) in [5.41, 5.74) is 0. The first kappa shape index (κ1) is 9.95. The first-order valence-electron chi connectivity index (χ1n) is 5.95. The average molecular weight is 192 g/mol. The van der Waals surface area contributed by atoms with Gasteiger partial charge in [0.2, 0.25) is 0 Å². The molecule has 1 saturated carbocycles. The van der Waals surface area contributed by atoms with Crippen molar-refractivity contribution in [2.24, 2.45) is 17.8 Å². The summed E-state index contributed by atoms with van der Waals surface area (Å²) in [6.45, 7) is 2.28. The highest BCUT2D eigenvalue weighted by Crippen LogP contribution is 2.35. The van der Waals surface area contributed by atoms with E-state index in [0.29, 0.717) is 17.6 Å². The summed E-state index contributed by atoms with van der Waals surface area (Å²) >= 11 is 0. The first-order chi connectivity index (χ1) is 6.75. The lowest BCUT2D eigenvalue weighted by Gasteiger charge is -2.30. The van der Waals surface area contributed by atoms with Gasteiger partial charge < -0.3 is 0 Å². The molecule has 0 spiro atoms. The number of allylic oxidation sites excluding steroid dienone is 2. The topological polar surface area (TPSA) is 17.1 Å². The molecular formula is C13H20O. The minimum Gasteiger partial charge on any atom is -0.300 e. The molecule has 78 valence electrons. The monoisotopic (exact) mass is 192 g/mol. The zero-order chi connectivity index (χ0) is 9.97. The third-order valence-corrected chi connectivity index (χ3v) is 3.77. The normalized spacial score (nSPS) is 38.6. The van der Waals surface area contributed by atoms with E-state index in [-0.39, 0.29) is 0 Å². The Kier molecular flexibility index (Phi) is 3.05. The molecule has 1 fully saturated rings. The number of hydrogen-bond acceptors (Lipinski definition) is 1. The fourth-order valence-electron chi connectivity index (χ4n) is 2.80. The third kappa shape index (κ3) is 2.26. The lowest BCUT2D eigenvalue weighted by atomic mass is 9.74. The van der Waals surface area contributed by atoms with Gasteiger partial charge >= 0.3 is 0 Å². The fraction of sp³-hybridized carbons (Fsp3) is 0.769. The summed E-state index contributed by atoms with van der Waals surface area (Å²) in [5, 5.41) is 0. The first-order valence-corrected chi connectivity index (χ1v) is 5.95. The quantitative estimate of drug-likeness (QED) is 0.582. The maximum Gasteiger partial charge on any atom is 0.133 e. The molecule has 0 heterocycles. The van der Waals surface area contributed by atoms with Gasteiger partial charge in [0.1, 0.15) is 5.78 Å². The Morgan fingerprint density at radius 1 is 1.21 bits per heavy atom. The van der Waals surface area contributed by atoms with Crippen molar-refractivity contribution in [3.63, 3.8) is 0 Å². The zero-order valence-corrected chi connectivity index (χ0v) is 9.04. The van der Waals surface area contributed by atoms with Gasteiger partial charge in [-0.25, -0.2) is 0 Å². The molecule has 0 amide bonds. The molecule has 0 aromatic rings. The highest BCUT2D eigenvalue weighted by molar-refractivity contribution is 5.79. The van der Waals surface area contributed by atoms with E-state index >= 15 is 0 Å². The molecule has 0 aromatic heterocycles. The average Bonchev–Trinajstić information content (AvgIpc) is 2.19. The van der Waals surface area contributed by atoms with Gasteiger partial charge in [0.25, 0.3) is 0 Å². The second kappa shape index (κ2) is 4.29. The van der Waals surface area contributed by atoms with Crippen molar-refractivity contribution >= 4 is 5.78 Å². The number of rotatable bonds is 1. The van der Waals surface area contributed by atoms with Gasteiger partial charge in [0.05, 0.1) is 0 Å². The highest BCUT2D eigenvalue weighted by atomic mass is 16.1. The minimum atomic E-state index is 0.494. The molecule has 2 aliphatic rings. The molecule has 0 radical (unpaired) electrons. The number of carbonyl (C=O) groups excluding carboxylic acids is 1.